The van der Waals surface area contributed by atoms with Gasteiger partial charge >= 0.3 is 0 Å². The van der Waals surface area contributed by atoms with Crippen LogP contribution >= 0.6 is 0 Å². The highest BCUT2D eigenvalue weighted by atomic mass is 16.5. The summed E-state index contributed by atoms with van der Waals surface area (Å²) in [5, 5.41) is 3.48. The maximum atomic E-state index is 5.77. The van der Waals surface area contributed by atoms with E-state index >= 15 is 0 Å². The van der Waals surface area contributed by atoms with Crippen molar-refractivity contribution in [2.75, 3.05) is 32.8 Å². The molecule has 0 aromatic heterocycles. The van der Waals surface area contributed by atoms with Crippen LogP contribution in [0, 0.1) is 5.92 Å². The Morgan fingerprint density at radius 2 is 1.88 bits per heavy atom. The molecule has 1 aromatic carbocycles. The van der Waals surface area contributed by atoms with Gasteiger partial charge in [0.1, 0.15) is 0 Å². The van der Waals surface area contributed by atoms with E-state index in [0.29, 0.717) is 17.9 Å². The lowest BCUT2D eigenvalue weighted by Gasteiger charge is -2.34. The molecule has 25 heavy (non-hydrogen) atoms. The first-order valence-electron chi connectivity index (χ1n) is 9.85. The molecule has 1 aliphatic heterocycles. The number of piperidine rings is 1. The number of rotatable bonds is 7. The van der Waals surface area contributed by atoms with Crippen LogP contribution in [-0.4, -0.2) is 49.7 Å². The summed E-state index contributed by atoms with van der Waals surface area (Å²) in [6.07, 6.45) is 2.59. The van der Waals surface area contributed by atoms with Gasteiger partial charge in [-0.3, -0.25) is 4.99 Å². The van der Waals surface area contributed by atoms with E-state index in [4.69, 9.17) is 9.73 Å². The highest BCUT2D eigenvalue weighted by Crippen LogP contribution is 2.24. The van der Waals surface area contributed by atoms with Gasteiger partial charge in [0.2, 0.25) is 0 Å². The van der Waals surface area contributed by atoms with E-state index in [-0.39, 0.29) is 0 Å². The molecule has 1 N–H and O–H groups in total. The predicted octanol–water partition coefficient (Wildman–Crippen LogP) is 3.89. The van der Waals surface area contributed by atoms with Crippen molar-refractivity contribution in [2.45, 2.75) is 52.6 Å². The van der Waals surface area contributed by atoms with Crippen LogP contribution in [0.15, 0.2) is 35.3 Å². The van der Waals surface area contributed by atoms with Crippen molar-refractivity contribution in [3.63, 3.8) is 0 Å². The minimum absolute atomic E-state index is 0.414. The molecule has 1 heterocycles. The predicted molar refractivity (Wildman–Crippen MR) is 106 cm³/mol. The average Bonchev–Trinajstić information content (AvgIpc) is 2.63. The monoisotopic (exact) mass is 345 g/mol. The quantitative estimate of drug-likeness (QED) is 0.602. The second kappa shape index (κ2) is 10.4. The first-order valence-corrected chi connectivity index (χ1v) is 9.85. The third-order valence-electron chi connectivity index (χ3n) is 4.95. The summed E-state index contributed by atoms with van der Waals surface area (Å²) in [4.78, 5) is 7.39. The molecule has 1 fully saturated rings. The zero-order chi connectivity index (χ0) is 18.1. The molecular formula is C21H35N3O. The third kappa shape index (κ3) is 6.03. The molecule has 140 valence electrons. The van der Waals surface area contributed by atoms with Crippen molar-refractivity contribution < 1.29 is 4.74 Å². The van der Waals surface area contributed by atoms with E-state index < -0.39 is 0 Å². The van der Waals surface area contributed by atoms with Crippen LogP contribution in [0.1, 0.15) is 52.0 Å². The van der Waals surface area contributed by atoms with Crippen molar-refractivity contribution in [3.8, 4) is 0 Å². The summed E-state index contributed by atoms with van der Waals surface area (Å²) >= 11 is 0. The number of ether oxygens (including phenoxy) is 1. The highest BCUT2D eigenvalue weighted by Gasteiger charge is 2.22. The summed E-state index contributed by atoms with van der Waals surface area (Å²) in [6.45, 7) is 13.4. The minimum atomic E-state index is 0.414. The van der Waals surface area contributed by atoms with Crippen LogP contribution < -0.4 is 5.32 Å². The van der Waals surface area contributed by atoms with Crippen molar-refractivity contribution >= 4 is 5.96 Å². The minimum Gasteiger partial charge on any atom is -0.378 e. The number of benzene rings is 1. The van der Waals surface area contributed by atoms with Crippen LogP contribution in [0.2, 0.25) is 0 Å². The average molecular weight is 346 g/mol. The zero-order valence-corrected chi connectivity index (χ0v) is 16.4. The molecule has 0 bridgehead atoms. The lowest BCUT2D eigenvalue weighted by Crippen LogP contribution is -2.47. The number of guanidine groups is 1. The molecule has 1 aliphatic rings. The lowest BCUT2D eigenvalue weighted by molar-refractivity contribution is 0.0263. The van der Waals surface area contributed by atoms with Gasteiger partial charge in [-0.25, -0.2) is 0 Å². The molecular weight excluding hydrogens is 310 g/mol. The van der Waals surface area contributed by atoms with Crippen LogP contribution in [0.4, 0.5) is 0 Å². The molecule has 0 radical (unpaired) electrons. The maximum Gasteiger partial charge on any atom is 0.193 e. The summed E-state index contributed by atoms with van der Waals surface area (Å²) in [5.41, 5.74) is 1.38. The summed E-state index contributed by atoms with van der Waals surface area (Å²) < 4.78 is 5.77. The fraction of sp³-hybridized carbons (Fsp3) is 0.667. The van der Waals surface area contributed by atoms with Crippen LogP contribution in [0.5, 0.6) is 0 Å². The SMILES string of the molecule is CCNC(=NCC(c1ccccc1)C(C)C)N1CCC(OCC)CC1. The fourth-order valence-electron chi connectivity index (χ4n) is 3.48. The molecule has 0 spiro atoms. The third-order valence-corrected chi connectivity index (χ3v) is 4.95. The van der Waals surface area contributed by atoms with E-state index in [1.165, 1.54) is 5.56 Å². The van der Waals surface area contributed by atoms with E-state index in [0.717, 1.165) is 51.6 Å². The first kappa shape index (κ1) is 19.8. The van der Waals surface area contributed by atoms with Gasteiger partial charge in [0.05, 0.1) is 6.10 Å². The number of nitrogens with zero attached hydrogens (tertiary/aromatic N) is 2. The molecule has 1 atom stereocenters. The summed E-state index contributed by atoms with van der Waals surface area (Å²) in [5.74, 6) is 2.08. The molecule has 1 aromatic rings. The molecule has 1 unspecified atom stereocenters. The van der Waals surface area contributed by atoms with E-state index in [1.54, 1.807) is 0 Å². The summed E-state index contributed by atoms with van der Waals surface area (Å²) in [7, 11) is 0. The molecule has 4 nitrogen and oxygen atoms in total. The Bertz CT molecular complexity index is 507. The van der Waals surface area contributed by atoms with Gasteiger partial charge in [0.15, 0.2) is 5.96 Å². The van der Waals surface area contributed by atoms with Gasteiger partial charge in [0.25, 0.3) is 0 Å². The van der Waals surface area contributed by atoms with E-state index in [2.05, 4.69) is 68.2 Å². The summed E-state index contributed by atoms with van der Waals surface area (Å²) in [6, 6.07) is 10.8. The van der Waals surface area contributed by atoms with Gasteiger partial charge < -0.3 is 15.0 Å². The number of hydrogen-bond donors (Lipinski definition) is 1. The number of hydrogen-bond acceptors (Lipinski definition) is 2. The van der Waals surface area contributed by atoms with Gasteiger partial charge in [-0.05, 0) is 38.2 Å². The highest BCUT2D eigenvalue weighted by molar-refractivity contribution is 5.80. The second-order valence-corrected chi connectivity index (χ2v) is 7.10. The molecule has 0 saturated carbocycles. The Labute approximate surface area is 153 Å². The number of likely N-dealkylation sites (tertiary alicyclic amines) is 1. The molecule has 1 saturated heterocycles. The van der Waals surface area contributed by atoms with Gasteiger partial charge in [-0.1, -0.05) is 44.2 Å². The smallest absolute Gasteiger partial charge is 0.193 e. The Hall–Kier alpha value is -1.55. The van der Waals surface area contributed by atoms with E-state index in [9.17, 15) is 0 Å². The first-order chi connectivity index (χ1) is 12.2. The Morgan fingerprint density at radius 1 is 1.20 bits per heavy atom. The van der Waals surface area contributed by atoms with E-state index in [1.807, 2.05) is 0 Å². The largest absolute Gasteiger partial charge is 0.378 e. The Morgan fingerprint density at radius 3 is 2.44 bits per heavy atom. The normalized spacial score (nSPS) is 17.8. The maximum absolute atomic E-state index is 5.77. The van der Waals surface area contributed by atoms with Crippen molar-refractivity contribution in [2.24, 2.45) is 10.9 Å². The van der Waals surface area contributed by atoms with Gasteiger partial charge in [0, 0.05) is 38.7 Å². The van der Waals surface area contributed by atoms with Crippen LogP contribution in [0.3, 0.4) is 0 Å². The molecule has 2 rings (SSSR count). The zero-order valence-electron chi connectivity index (χ0n) is 16.4. The standard InChI is InChI=1S/C21H35N3O/c1-5-22-21(24-14-12-19(13-15-24)25-6-2)23-16-20(17(3)4)18-10-8-7-9-11-18/h7-11,17,19-20H,5-6,12-16H2,1-4H3,(H,22,23). The van der Waals surface area contributed by atoms with Crippen molar-refractivity contribution in [1.29, 1.82) is 0 Å². The molecule has 0 amide bonds. The van der Waals surface area contributed by atoms with Crippen molar-refractivity contribution in [3.05, 3.63) is 35.9 Å². The molecule has 4 heteroatoms. The topological polar surface area (TPSA) is 36.9 Å². The fourth-order valence-corrected chi connectivity index (χ4v) is 3.48. The van der Waals surface area contributed by atoms with Gasteiger partial charge in [-0.2, -0.15) is 0 Å². The van der Waals surface area contributed by atoms with Crippen LogP contribution in [0.25, 0.3) is 0 Å². The number of nitrogens with one attached hydrogen (secondary N) is 1. The second-order valence-electron chi connectivity index (χ2n) is 7.10. The number of aliphatic imine (C=N–C) groups is 1. The van der Waals surface area contributed by atoms with Crippen LogP contribution in [-0.2, 0) is 4.74 Å². The van der Waals surface area contributed by atoms with Crippen molar-refractivity contribution in [1.82, 2.24) is 10.2 Å². The van der Waals surface area contributed by atoms with Gasteiger partial charge in [-0.15, -0.1) is 0 Å². The lowest BCUT2D eigenvalue weighted by atomic mass is 9.88. The molecule has 0 aliphatic carbocycles. The Kier molecular flexibility index (Phi) is 8.26. The Balaban J connectivity index is 2.03.